The first-order valence-corrected chi connectivity index (χ1v) is 5.26. The summed E-state index contributed by atoms with van der Waals surface area (Å²) in [5, 5.41) is 2.78. The molecule has 4 heteroatoms. The molecule has 0 fully saturated rings. The van der Waals surface area contributed by atoms with Crippen molar-refractivity contribution in [1.82, 2.24) is 0 Å². The van der Waals surface area contributed by atoms with Crippen molar-refractivity contribution in [2.45, 2.75) is 18.8 Å². The summed E-state index contributed by atoms with van der Waals surface area (Å²) in [7, 11) is 0. The normalized spacial score (nSPS) is 19.4. The fourth-order valence-corrected chi connectivity index (χ4v) is 1.92. The van der Waals surface area contributed by atoms with E-state index in [1.165, 1.54) is 0 Å². The van der Waals surface area contributed by atoms with Gasteiger partial charge in [0, 0.05) is 16.6 Å². The first kappa shape index (κ1) is 9.90. The third-order valence-corrected chi connectivity index (χ3v) is 2.86. The van der Waals surface area contributed by atoms with Crippen LogP contribution in [0.5, 0.6) is 0 Å². The van der Waals surface area contributed by atoms with E-state index >= 15 is 0 Å². The molecular weight excluding hydrogens is 252 g/mol. The van der Waals surface area contributed by atoms with Gasteiger partial charge in [0.1, 0.15) is 0 Å². The summed E-state index contributed by atoms with van der Waals surface area (Å²) >= 11 is 3.32. The van der Waals surface area contributed by atoms with Crippen molar-refractivity contribution in [2.24, 2.45) is 0 Å². The molecule has 0 atom stereocenters. The average Bonchev–Trinajstić information content (AvgIpc) is 2.26. The van der Waals surface area contributed by atoms with Crippen LogP contribution in [-0.4, -0.2) is 12.5 Å². The van der Waals surface area contributed by atoms with Gasteiger partial charge in [-0.3, -0.25) is 0 Å². The van der Waals surface area contributed by atoms with E-state index in [1.807, 2.05) is 18.2 Å². The summed E-state index contributed by atoms with van der Waals surface area (Å²) < 4.78 is 27.0. The predicted molar refractivity (Wildman–Crippen MR) is 55.9 cm³/mol. The Bertz CT molecular complexity index is 352. The number of halogens is 3. The summed E-state index contributed by atoms with van der Waals surface area (Å²) in [6.07, 6.45) is 0.358. The molecule has 1 aliphatic rings. The Morgan fingerprint density at radius 1 is 1.36 bits per heavy atom. The van der Waals surface area contributed by atoms with E-state index < -0.39 is 5.92 Å². The maximum absolute atomic E-state index is 13.1. The zero-order valence-corrected chi connectivity index (χ0v) is 9.07. The molecule has 1 heterocycles. The number of fused-ring (bicyclic) bond motifs is 1. The van der Waals surface area contributed by atoms with Crippen LogP contribution in [-0.2, 0) is 6.42 Å². The summed E-state index contributed by atoms with van der Waals surface area (Å²) in [6.45, 7) is -0.267. The number of hydrogen-bond acceptors (Lipinski definition) is 1. The number of aryl methyl sites for hydroxylation is 1. The van der Waals surface area contributed by atoms with Gasteiger partial charge in [0.05, 0.1) is 6.54 Å². The van der Waals surface area contributed by atoms with Crippen LogP contribution in [0.15, 0.2) is 22.7 Å². The molecule has 0 bridgehead atoms. The molecule has 76 valence electrons. The number of anilines is 1. The summed E-state index contributed by atoms with van der Waals surface area (Å²) in [5.74, 6) is -2.59. The van der Waals surface area contributed by atoms with Gasteiger partial charge in [-0.2, -0.15) is 0 Å². The molecule has 1 N–H and O–H groups in total. The van der Waals surface area contributed by atoms with Crippen molar-refractivity contribution in [1.29, 1.82) is 0 Å². The van der Waals surface area contributed by atoms with Crippen molar-refractivity contribution in [2.75, 3.05) is 11.9 Å². The lowest BCUT2D eigenvalue weighted by Gasteiger charge is -2.12. The highest BCUT2D eigenvalue weighted by Crippen LogP contribution is 2.30. The van der Waals surface area contributed by atoms with Crippen molar-refractivity contribution in [3.05, 3.63) is 28.2 Å². The SMILES string of the molecule is FC1(F)CCc2ccc(Br)cc2NC1. The van der Waals surface area contributed by atoms with E-state index in [9.17, 15) is 8.78 Å². The second-order valence-electron chi connectivity index (χ2n) is 3.51. The van der Waals surface area contributed by atoms with E-state index in [0.29, 0.717) is 6.42 Å². The molecule has 14 heavy (non-hydrogen) atoms. The topological polar surface area (TPSA) is 12.0 Å². The summed E-state index contributed by atoms with van der Waals surface area (Å²) in [5.41, 5.74) is 1.78. The molecule has 2 rings (SSSR count). The number of hydrogen-bond donors (Lipinski definition) is 1. The highest BCUT2D eigenvalue weighted by atomic mass is 79.9. The molecule has 1 aromatic rings. The fraction of sp³-hybridized carbons (Fsp3) is 0.400. The Labute approximate surface area is 89.6 Å². The van der Waals surface area contributed by atoms with Crippen molar-refractivity contribution < 1.29 is 8.78 Å². The maximum Gasteiger partial charge on any atom is 0.265 e. The zero-order valence-electron chi connectivity index (χ0n) is 7.49. The van der Waals surface area contributed by atoms with E-state index in [4.69, 9.17) is 0 Å². The Morgan fingerprint density at radius 3 is 2.93 bits per heavy atom. The van der Waals surface area contributed by atoms with Crippen LogP contribution in [0.25, 0.3) is 0 Å². The van der Waals surface area contributed by atoms with Crippen molar-refractivity contribution >= 4 is 21.6 Å². The van der Waals surface area contributed by atoms with Crippen LogP contribution in [0.4, 0.5) is 14.5 Å². The zero-order chi connectivity index (χ0) is 10.2. The minimum Gasteiger partial charge on any atom is -0.379 e. The molecule has 0 saturated heterocycles. The van der Waals surface area contributed by atoms with Gasteiger partial charge < -0.3 is 5.32 Å². The van der Waals surface area contributed by atoms with Crippen molar-refractivity contribution in [3.8, 4) is 0 Å². The lowest BCUT2D eigenvalue weighted by Crippen LogP contribution is -2.25. The Kier molecular flexibility index (Phi) is 2.47. The quantitative estimate of drug-likeness (QED) is 0.755. The monoisotopic (exact) mass is 261 g/mol. The van der Waals surface area contributed by atoms with Crippen LogP contribution in [0.3, 0.4) is 0 Å². The average molecular weight is 262 g/mol. The van der Waals surface area contributed by atoms with Crippen LogP contribution >= 0.6 is 15.9 Å². The van der Waals surface area contributed by atoms with E-state index in [0.717, 1.165) is 15.7 Å². The Balaban J connectivity index is 2.30. The molecule has 0 spiro atoms. The van der Waals surface area contributed by atoms with Gasteiger partial charge >= 0.3 is 0 Å². The largest absolute Gasteiger partial charge is 0.379 e. The molecule has 0 saturated carbocycles. The van der Waals surface area contributed by atoms with Crippen LogP contribution in [0.2, 0.25) is 0 Å². The molecule has 1 nitrogen and oxygen atoms in total. The first-order valence-electron chi connectivity index (χ1n) is 4.47. The third kappa shape index (κ3) is 2.05. The highest BCUT2D eigenvalue weighted by Gasteiger charge is 2.31. The van der Waals surface area contributed by atoms with Gasteiger partial charge in [0.2, 0.25) is 0 Å². The molecule has 0 aliphatic carbocycles. The molecule has 0 amide bonds. The highest BCUT2D eigenvalue weighted by molar-refractivity contribution is 9.10. The number of rotatable bonds is 0. The predicted octanol–water partition coefficient (Wildman–Crippen LogP) is 3.44. The van der Waals surface area contributed by atoms with Crippen LogP contribution < -0.4 is 5.32 Å². The van der Waals surface area contributed by atoms with Gasteiger partial charge in [-0.25, -0.2) is 8.78 Å². The van der Waals surface area contributed by atoms with E-state index in [2.05, 4.69) is 21.2 Å². The molecular formula is C10H10BrF2N. The lowest BCUT2D eigenvalue weighted by molar-refractivity contribution is 0.00842. The molecule has 0 unspecified atom stereocenters. The molecule has 0 radical (unpaired) electrons. The molecule has 0 aromatic heterocycles. The first-order chi connectivity index (χ1) is 6.57. The van der Waals surface area contributed by atoms with Gasteiger partial charge in [-0.15, -0.1) is 0 Å². The summed E-state index contributed by atoms with van der Waals surface area (Å²) in [6, 6.07) is 5.61. The van der Waals surface area contributed by atoms with Gasteiger partial charge in [0.15, 0.2) is 0 Å². The van der Waals surface area contributed by atoms with Gasteiger partial charge in [-0.1, -0.05) is 22.0 Å². The minimum absolute atomic E-state index is 0.0748. The smallest absolute Gasteiger partial charge is 0.265 e. The van der Waals surface area contributed by atoms with Crippen molar-refractivity contribution in [3.63, 3.8) is 0 Å². The number of alkyl halides is 2. The van der Waals surface area contributed by atoms with E-state index in [1.54, 1.807) is 0 Å². The summed E-state index contributed by atoms with van der Waals surface area (Å²) in [4.78, 5) is 0. The molecule has 1 aliphatic heterocycles. The second-order valence-corrected chi connectivity index (χ2v) is 4.43. The number of benzene rings is 1. The molecule has 1 aromatic carbocycles. The third-order valence-electron chi connectivity index (χ3n) is 2.37. The second kappa shape index (κ2) is 3.50. The number of nitrogens with one attached hydrogen (secondary N) is 1. The maximum atomic E-state index is 13.1. The Morgan fingerprint density at radius 2 is 2.14 bits per heavy atom. The minimum atomic E-state index is -2.59. The fourth-order valence-electron chi connectivity index (χ4n) is 1.56. The van der Waals surface area contributed by atoms with Crippen LogP contribution in [0, 0.1) is 0 Å². The Hall–Kier alpha value is -0.640. The van der Waals surface area contributed by atoms with E-state index in [-0.39, 0.29) is 13.0 Å². The standard InChI is InChI=1S/C10H10BrF2N/c11-8-2-1-7-3-4-10(12,13)6-14-9(7)5-8/h1-2,5,14H,3-4,6H2. The lowest BCUT2D eigenvalue weighted by atomic mass is 10.1. The van der Waals surface area contributed by atoms with Gasteiger partial charge in [-0.05, 0) is 24.1 Å². The van der Waals surface area contributed by atoms with Gasteiger partial charge in [0.25, 0.3) is 5.92 Å². The van der Waals surface area contributed by atoms with Crippen LogP contribution in [0.1, 0.15) is 12.0 Å².